The van der Waals surface area contributed by atoms with E-state index in [4.69, 9.17) is 0 Å². The van der Waals surface area contributed by atoms with Crippen LogP contribution in [0.15, 0.2) is 6.07 Å². The van der Waals surface area contributed by atoms with Gasteiger partial charge in [0.2, 0.25) is 0 Å². The Morgan fingerprint density at radius 1 is 1.28 bits per heavy atom. The Morgan fingerprint density at radius 3 is 2.64 bits per heavy atom. The zero-order chi connectivity index (χ0) is 18.4. The predicted octanol–water partition coefficient (Wildman–Crippen LogP) is 1.72. The number of fused-ring (bicyclic) bond motifs is 1. The second-order valence-corrected chi connectivity index (χ2v) is 5.52. The highest BCUT2D eigenvalue weighted by atomic mass is 19.4. The summed E-state index contributed by atoms with van der Waals surface area (Å²) in [6, 6.07) is 1.83. The van der Waals surface area contributed by atoms with Crippen LogP contribution in [-0.4, -0.2) is 35.7 Å². The first kappa shape index (κ1) is 16.9. The number of H-pyrrole nitrogens is 1. The maximum Gasteiger partial charge on any atom is 0.453 e. The number of halogens is 3. The third kappa shape index (κ3) is 3.16. The van der Waals surface area contributed by atoms with E-state index in [2.05, 4.69) is 30.6 Å². The van der Waals surface area contributed by atoms with Crippen LogP contribution in [0.3, 0.4) is 0 Å². The molecule has 3 aromatic heterocycles. The molecule has 0 aliphatic heterocycles. The number of aryl methyl sites for hydroxylation is 3. The number of nitrogens with one attached hydrogen (secondary N) is 2. The molecule has 25 heavy (non-hydrogen) atoms. The van der Waals surface area contributed by atoms with Gasteiger partial charge in [0.05, 0.1) is 12.2 Å². The van der Waals surface area contributed by atoms with E-state index in [0.29, 0.717) is 11.3 Å². The molecule has 0 aliphatic rings. The van der Waals surface area contributed by atoms with E-state index in [1.54, 1.807) is 18.4 Å². The smallest absolute Gasteiger partial charge is 0.345 e. The van der Waals surface area contributed by atoms with Gasteiger partial charge in [-0.05, 0) is 26.8 Å². The highest BCUT2D eigenvalue weighted by Gasteiger charge is 2.36. The zero-order valence-corrected chi connectivity index (χ0v) is 13.6. The molecule has 0 fully saturated rings. The number of rotatable bonds is 3. The maximum absolute atomic E-state index is 12.5. The molecule has 132 valence electrons. The minimum Gasteiger partial charge on any atom is -0.345 e. The number of aromatic amines is 1. The van der Waals surface area contributed by atoms with Crippen molar-refractivity contribution in [3.8, 4) is 0 Å². The lowest BCUT2D eigenvalue weighted by molar-refractivity contribution is -0.144. The Labute approximate surface area is 139 Å². The standard InChI is InChI=1S/C14H14F3N7O/c1-6-4-7(2)24-11(19-6)10(8(3)23-24)12(25)18-5-9-20-13(22-21-9)14(15,16)17/h4H,5H2,1-3H3,(H,18,25)(H,20,21,22). The molecule has 2 N–H and O–H groups in total. The second kappa shape index (κ2) is 5.83. The van der Waals surface area contributed by atoms with Crippen molar-refractivity contribution in [3.05, 3.63) is 40.4 Å². The van der Waals surface area contributed by atoms with E-state index < -0.39 is 17.9 Å². The molecule has 3 aromatic rings. The molecule has 0 saturated heterocycles. The molecular formula is C14H14F3N7O. The monoisotopic (exact) mass is 353 g/mol. The number of carbonyl (C=O) groups excluding carboxylic acids is 1. The van der Waals surface area contributed by atoms with Gasteiger partial charge in [-0.3, -0.25) is 9.89 Å². The molecule has 0 aromatic carbocycles. The van der Waals surface area contributed by atoms with Crippen molar-refractivity contribution in [3.63, 3.8) is 0 Å². The van der Waals surface area contributed by atoms with Crippen molar-refractivity contribution >= 4 is 11.6 Å². The lowest BCUT2D eigenvalue weighted by Gasteiger charge is -2.04. The summed E-state index contributed by atoms with van der Waals surface area (Å²) in [5.74, 6) is -1.89. The van der Waals surface area contributed by atoms with Crippen molar-refractivity contribution in [1.29, 1.82) is 0 Å². The molecular weight excluding hydrogens is 339 g/mol. The Balaban J connectivity index is 1.83. The minimum absolute atomic E-state index is 0.102. The summed E-state index contributed by atoms with van der Waals surface area (Å²) in [7, 11) is 0. The van der Waals surface area contributed by atoms with E-state index in [9.17, 15) is 18.0 Å². The van der Waals surface area contributed by atoms with E-state index in [1.807, 2.05) is 13.0 Å². The fourth-order valence-corrected chi connectivity index (χ4v) is 2.45. The topological polar surface area (TPSA) is 101 Å². The van der Waals surface area contributed by atoms with Gasteiger partial charge in [0, 0.05) is 11.4 Å². The van der Waals surface area contributed by atoms with Crippen LogP contribution < -0.4 is 5.32 Å². The molecule has 0 saturated carbocycles. The molecule has 3 heterocycles. The minimum atomic E-state index is -4.64. The van der Waals surface area contributed by atoms with Crippen molar-refractivity contribution in [2.45, 2.75) is 33.5 Å². The third-order valence-corrected chi connectivity index (χ3v) is 3.50. The maximum atomic E-state index is 12.5. The second-order valence-electron chi connectivity index (χ2n) is 5.52. The van der Waals surface area contributed by atoms with Gasteiger partial charge in [0.1, 0.15) is 11.4 Å². The van der Waals surface area contributed by atoms with Gasteiger partial charge in [-0.15, -0.1) is 5.10 Å². The van der Waals surface area contributed by atoms with Gasteiger partial charge in [-0.1, -0.05) is 0 Å². The molecule has 0 radical (unpaired) electrons. The van der Waals surface area contributed by atoms with Crippen LogP contribution in [0.2, 0.25) is 0 Å². The van der Waals surface area contributed by atoms with E-state index in [0.717, 1.165) is 11.4 Å². The predicted molar refractivity (Wildman–Crippen MR) is 79.8 cm³/mol. The Hall–Kier alpha value is -2.98. The number of nitrogens with zero attached hydrogens (tertiary/aromatic N) is 5. The van der Waals surface area contributed by atoms with Crippen molar-refractivity contribution < 1.29 is 18.0 Å². The van der Waals surface area contributed by atoms with Gasteiger partial charge < -0.3 is 5.32 Å². The van der Waals surface area contributed by atoms with Crippen molar-refractivity contribution in [2.75, 3.05) is 0 Å². The van der Waals surface area contributed by atoms with Crippen LogP contribution in [0.25, 0.3) is 5.65 Å². The molecule has 0 atom stereocenters. The van der Waals surface area contributed by atoms with Crippen LogP contribution in [0.1, 0.15) is 39.1 Å². The zero-order valence-electron chi connectivity index (χ0n) is 13.6. The normalized spacial score (nSPS) is 11.9. The highest BCUT2D eigenvalue weighted by molar-refractivity contribution is 6.01. The Kier molecular flexibility index (Phi) is 3.93. The fraction of sp³-hybridized carbons (Fsp3) is 0.357. The lowest BCUT2D eigenvalue weighted by atomic mass is 10.2. The van der Waals surface area contributed by atoms with Gasteiger partial charge >= 0.3 is 6.18 Å². The lowest BCUT2D eigenvalue weighted by Crippen LogP contribution is -2.24. The van der Waals surface area contributed by atoms with Crippen LogP contribution in [0.5, 0.6) is 0 Å². The summed E-state index contributed by atoms with van der Waals surface area (Å²) in [5.41, 5.74) is 2.66. The van der Waals surface area contributed by atoms with Crippen LogP contribution in [0.4, 0.5) is 13.2 Å². The largest absolute Gasteiger partial charge is 0.453 e. The average Bonchev–Trinajstić information content (AvgIpc) is 3.09. The number of carbonyl (C=O) groups is 1. The third-order valence-electron chi connectivity index (χ3n) is 3.50. The molecule has 0 unspecified atom stereocenters. The van der Waals surface area contributed by atoms with Gasteiger partial charge in [0.15, 0.2) is 5.65 Å². The summed E-state index contributed by atoms with van der Waals surface area (Å²) < 4.78 is 39.0. The quantitative estimate of drug-likeness (QED) is 0.747. The summed E-state index contributed by atoms with van der Waals surface area (Å²) in [6.45, 7) is 5.06. The number of hydrogen-bond acceptors (Lipinski definition) is 5. The van der Waals surface area contributed by atoms with Gasteiger partial charge in [0.25, 0.3) is 11.7 Å². The molecule has 0 aliphatic carbocycles. The summed E-state index contributed by atoms with van der Waals surface area (Å²) in [4.78, 5) is 20.1. The summed E-state index contributed by atoms with van der Waals surface area (Å²) in [5, 5.41) is 12.0. The first-order valence-corrected chi connectivity index (χ1v) is 7.27. The summed E-state index contributed by atoms with van der Waals surface area (Å²) >= 11 is 0. The number of aromatic nitrogens is 6. The van der Waals surface area contributed by atoms with E-state index in [1.165, 1.54) is 0 Å². The first-order valence-electron chi connectivity index (χ1n) is 7.27. The molecule has 1 amide bonds. The van der Waals surface area contributed by atoms with Crippen LogP contribution >= 0.6 is 0 Å². The van der Waals surface area contributed by atoms with Gasteiger partial charge in [-0.2, -0.15) is 18.3 Å². The van der Waals surface area contributed by atoms with E-state index >= 15 is 0 Å². The Bertz CT molecular complexity index is 957. The van der Waals surface area contributed by atoms with Crippen molar-refractivity contribution in [2.24, 2.45) is 0 Å². The van der Waals surface area contributed by atoms with Crippen LogP contribution in [0, 0.1) is 20.8 Å². The summed E-state index contributed by atoms with van der Waals surface area (Å²) in [6.07, 6.45) is -4.64. The number of amides is 1. The number of alkyl halides is 3. The molecule has 0 bridgehead atoms. The molecule has 11 heteroatoms. The first-order chi connectivity index (χ1) is 11.7. The average molecular weight is 353 g/mol. The van der Waals surface area contributed by atoms with Crippen LogP contribution in [-0.2, 0) is 12.7 Å². The molecule has 0 spiro atoms. The van der Waals surface area contributed by atoms with Gasteiger partial charge in [-0.25, -0.2) is 14.5 Å². The molecule has 8 nitrogen and oxygen atoms in total. The highest BCUT2D eigenvalue weighted by Crippen LogP contribution is 2.25. The van der Waals surface area contributed by atoms with E-state index in [-0.39, 0.29) is 17.9 Å². The Morgan fingerprint density at radius 2 is 2.00 bits per heavy atom. The van der Waals surface area contributed by atoms with Crippen molar-refractivity contribution in [1.82, 2.24) is 35.1 Å². The SMILES string of the molecule is Cc1cc(C)n2nc(C)c(C(=O)NCc3nc(C(F)(F)F)n[nH]3)c2n1. The molecule has 3 rings (SSSR count). The fourth-order valence-electron chi connectivity index (χ4n) is 2.45. The number of hydrogen-bond donors (Lipinski definition) is 2.